The molecule has 0 aromatic heterocycles. The molecule has 0 radical (unpaired) electrons. The molecule has 0 N–H and O–H groups in total. The summed E-state index contributed by atoms with van der Waals surface area (Å²) in [5.74, 6) is 3.17. The lowest BCUT2D eigenvalue weighted by Crippen LogP contribution is -2.17. The second-order valence-electron chi connectivity index (χ2n) is 20.7. The Bertz CT molecular complexity index is 1810. The van der Waals surface area contributed by atoms with Crippen molar-refractivity contribution < 1.29 is 46.1 Å². The normalized spacial score (nSPS) is 12.6. The topological polar surface area (TPSA) is 92.3 Å². The lowest BCUT2D eigenvalue weighted by atomic mass is 9.85. The Morgan fingerprint density at radius 1 is 0.303 bits per heavy atom. The number of rotatable bonds is 25. The minimum Gasteiger partial charge on any atom is -0.417 e. The second-order valence-corrected chi connectivity index (χ2v) is 22.9. The van der Waals surface area contributed by atoms with E-state index in [0.717, 1.165) is 67.5 Å². The molecule has 12 heteroatoms. The molecule has 0 spiro atoms. The van der Waals surface area contributed by atoms with Crippen LogP contribution in [-0.2, 0) is 49.7 Å². The maximum absolute atomic E-state index is 6.63. The van der Waals surface area contributed by atoms with Gasteiger partial charge in [-0.2, -0.15) is 0 Å². The first-order valence-corrected chi connectivity index (χ1v) is 25.5. The van der Waals surface area contributed by atoms with Crippen LogP contribution in [0, 0.1) is 27.7 Å². The molecule has 0 bridgehead atoms. The number of ether oxygens (including phenoxy) is 4. The van der Waals surface area contributed by atoms with E-state index in [-0.39, 0.29) is 21.7 Å². The number of para-hydroxylation sites is 4. The van der Waals surface area contributed by atoms with Gasteiger partial charge in [-0.25, -0.2) is 0 Å². The predicted molar refractivity (Wildman–Crippen MR) is 271 cm³/mol. The standard InChI is InChI=1S/C54H80O10P2/c1-39-21-17-25-43(51(5,6)7)47(39)61-65(62-48-40(2)22-18-26-44(48)52(8,9)10)59-37-35-57-33-31-55-29-30-56-32-34-58-36-38-60-66(63-49-41(3)23-19-27-45(49)53(11,12)13)64-50-42(4)24-20-28-46(50)54(14,15)16/h17-28H,29-38H2,1-16H3. The average Bonchev–Trinajstić information content (AvgIpc) is 3.21. The Morgan fingerprint density at radius 2 is 0.500 bits per heavy atom. The molecule has 0 fully saturated rings. The second kappa shape index (κ2) is 25.3. The maximum Gasteiger partial charge on any atom is 0.463 e. The molecule has 0 heterocycles. The van der Waals surface area contributed by atoms with Gasteiger partial charge >= 0.3 is 17.2 Å². The average molecular weight is 951 g/mol. The zero-order chi connectivity index (χ0) is 48.7. The van der Waals surface area contributed by atoms with Crippen molar-refractivity contribution in [3.8, 4) is 23.0 Å². The minimum atomic E-state index is -1.80. The molecule has 4 rings (SSSR count). The van der Waals surface area contributed by atoms with Crippen molar-refractivity contribution in [3.05, 3.63) is 117 Å². The summed E-state index contributed by atoms with van der Waals surface area (Å²) in [6, 6.07) is 24.9. The van der Waals surface area contributed by atoms with Crippen LogP contribution >= 0.6 is 17.2 Å². The van der Waals surface area contributed by atoms with Crippen molar-refractivity contribution in [2.45, 2.75) is 132 Å². The molecular weight excluding hydrogens is 871 g/mol. The molecule has 4 aromatic carbocycles. The Labute approximate surface area is 400 Å². The highest BCUT2D eigenvalue weighted by atomic mass is 31.2. The summed E-state index contributed by atoms with van der Waals surface area (Å²) in [5, 5.41) is 0. The number of aryl methyl sites for hydroxylation is 4. The summed E-state index contributed by atoms with van der Waals surface area (Å²) in [7, 11) is -3.61. The molecule has 0 aliphatic carbocycles. The van der Waals surface area contributed by atoms with E-state index in [2.05, 4.69) is 184 Å². The quantitative estimate of drug-likeness (QED) is 0.0472. The highest BCUT2D eigenvalue weighted by Gasteiger charge is 2.31. The minimum absolute atomic E-state index is 0.129. The third-order valence-corrected chi connectivity index (χ3v) is 12.8. The molecule has 0 aliphatic rings. The number of hydrogen-bond acceptors (Lipinski definition) is 10. The third-order valence-electron chi connectivity index (χ3n) is 10.7. The molecule has 10 nitrogen and oxygen atoms in total. The Hall–Kier alpha value is -3.30. The zero-order valence-corrected chi connectivity index (χ0v) is 44.8. The van der Waals surface area contributed by atoms with Crippen molar-refractivity contribution in [1.82, 2.24) is 0 Å². The van der Waals surface area contributed by atoms with Gasteiger partial charge in [0, 0.05) is 22.3 Å². The largest absolute Gasteiger partial charge is 0.463 e. The van der Waals surface area contributed by atoms with Gasteiger partial charge in [0.05, 0.1) is 66.1 Å². The van der Waals surface area contributed by atoms with Crippen molar-refractivity contribution in [3.63, 3.8) is 0 Å². The molecule has 0 unspecified atom stereocenters. The fourth-order valence-electron chi connectivity index (χ4n) is 7.00. The van der Waals surface area contributed by atoms with Crippen molar-refractivity contribution in [2.24, 2.45) is 0 Å². The van der Waals surface area contributed by atoms with Crippen LogP contribution in [-0.4, -0.2) is 66.1 Å². The highest BCUT2D eigenvalue weighted by molar-refractivity contribution is 7.42. The molecule has 0 aliphatic heterocycles. The van der Waals surface area contributed by atoms with Crippen molar-refractivity contribution >= 4 is 17.2 Å². The molecule has 366 valence electrons. The molecule has 0 saturated carbocycles. The fraction of sp³-hybridized carbons (Fsp3) is 0.556. The van der Waals surface area contributed by atoms with Gasteiger partial charge < -0.3 is 37.0 Å². The summed E-state index contributed by atoms with van der Waals surface area (Å²) in [6.45, 7) is 38.3. The summed E-state index contributed by atoms with van der Waals surface area (Å²) in [5.41, 5.74) is 8.00. The first-order chi connectivity index (χ1) is 31.0. The monoisotopic (exact) mass is 951 g/mol. The summed E-state index contributed by atoms with van der Waals surface area (Å²) in [6.07, 6.45) is 0. The van der Waals surface area contributed by atoms with Crippen LogP contribution in [0.15, 0.2) is 72.8 Å². The van der Waals surface area contributed by atoms with Crippen LogP contribution in [0.1, 0.15) is 128 Å². The van der Waals surface area contributed by atoms with E-state index in [1.165, 1.54) is 0 Å². The van der Waals surface area contributed by atoms with E-state index in [4.69, 9.17) is 46.1 Å². The van der Waals surface area contributed by atoms with Gasteiger partial charge in [-0.05, 0) is 71.6 Å². The first kappa shape index (κ1) is 55.3. The van der Waals surface area contributed by atoms with Crippen LogP contribution in [0.2, 0.25) is 0 Å². The lowest BCUT2D eigenvalue weighted by Gasteiger charge is -2.28. The van der Waals surface area contributed by atoms with Crippen molar-refractivity contribution in [2.75, 3.05) is 66.1 Å². The Balaban J connectivity index is 1.18. The van der Waals surface area contributed by atoms with Gasteiger partial charge in [0.25, 0.3) is 0 Å². The van der Waals surface area contributed by atoms with Crippen LogP contribution in [0.5, 0.6) is 23.0 Å². The van der Waals surface area contributed by atoms with Gasteiger partial charge in [-0.3, -0.25) is 9.05 Å². The Morgan fingerprint density at radius 3 is 0.697 bits per heavy atom. The van der Waals surface area contributed by atoms with E-state index in [1.54, 1.807) is 0 Å². The van der Waals surface area contributed by atoms with Crippen LogP contribution in [0.25, 0.3) is 0 Å². The van der Waals surface area contributed by atoms with Crippen LogP contribution in [0.4, 0.5) is 0 Å². The van der Waals surface area contributed by atoms with Gasteiger partial charge in [-0.15, -0.1) is 0 Å². The predicted octanol–water partition coefficient (Wildman–Crippen LogP) is 14.3. The smallest absolute Gasteiger partial charge is 0.417 e. The van der Waals surface area contributed by atoms with Gasteiger partial charge in [0.1, 0.15) is 23.0 Å². The van der Waals surface area contributed by atoms with Gasteiger partial charge in [0.15, 0.2) is 0 Å². The van der Waals surface area contributed by atoms with E-state index in [1.807, 2.05) is 0 Å². The number of benzene rings is 4. The van der Waals surface area contributed by atoms with E-state index in [9.17, 15) is 0 Å². The summed E-state index contributed by atoms with van der Waals surface area (Å²) in [4.78, 5) is 0. The van der Waals surface area contributed by atoms with Gasteiger partial charge in [-0.1, -0.05) is 156 Å². The SMILES string of the molecule is Cc1cccc(C(C)(C)C)c1OP(OCCOCCOCCOCCOCCOP(Oc1c(C)cccc1C(C)(C)C)Oc1c(C)cccc1C(C)(C)C)Oc1c(C)cccc1C(C)(C)C. The third kappa shape index (κ3) is 17.3. The van der Waals surface area contributed by atoms with Crippen molar-refractivity contribution in [1.29, 1.82) is 0 Å². The Kier molecular flexibility index (Phi) is 21.2. The fourth-order valence-corrected chi connectivity index (χ4v) is 9.30. The van der Waals surface area contributed by atoms with Crippen LogP contribution in [0.3, 0.4) is 0 Å². The molecule has 0 saturated heterocycles. The highest BCUT2D eigenvalue weighted by Crippen LogP contribution is 2.50. The molecular formula is C54H80O10P2. The molecule has 0 atom stereocenters. The molecule has 4 aromatic rings. The zero-order valence-electron chi connectivity index (χ0n) is 43.0. The molecule has 0 amide bonds. The summed E-state index contributed by atoms with van der Waals surface area (Å²) < 4.78 is 62.4. The lowest BCUT2D eigenvalue weighted by molar-refractivity contribution is -0.00738. The first-order valence-electron chi connectivity index (χ1n) is 23.3. The van der Waals surface area contributed by atoms with Gasteiger partial charge in [0.2, 0.25) is 0 Å². The van der Waals surface area contributed by atoms with E-state index in [0.29, 0.717) is 66.1 Å². The number of hydrogen-bond donors (Lipinski definition) is 0. The summed E-state index contributed by atoms with van der Waals surface area (Å²) >= 11 is 0. The van der Waals surface area contributed by atoms with E-state index >= 15 is 0 Å². The van der Waals surface area contributed by atoms with E-state index < -0.39 is 17.2 Å². The maximum atomic E-state index is 6.63. The molecule has 66 heavy (non-hydrogen) atoms. The van der Waals surface area contributed by atoms with Crippen LogP contribution < -0.4 is 18.1 Å².